The van der Waals surface area contributed by atoms with E-state index in [1.807, 2.05) is 0 Å². The van der Waals surface area contributed by atoms with E-state index in [0.717, 1.165) is 19.3 Å². The molecule has 7 N–H and O–H groups in total. The third-order valence-electron chi connectivity index (χ3n) is 7.04. The van der Waals surface area contributed by atoms with Gasteiger partial charge in [-0.3, -0.25) is 4.79 Å². The van der Waals surface area contributed by atoms with Crippen molar-refractivity contribution < 1.29 is 54.8 Å². The van der Waals surface area contributed by atoms with Crippen LogP contribution in [0.15, 0.2) is 0 Å². The van der Waals surface area contributed by atoms with Crippen LogP contribution < -0.4 is 0 Å². The van der Waals surface area contributed by atoms with E-state index in [4.69, 9.17) is 14.2 Å². The lowest BCUT2D eigenvalue weighted by molar-refractivity contribution is -0.322. The van der Waals surface area contributed by atoms with Crippen LogP contribution in [0.25, 0.3) is 0 Å². The first kappa shape index (κ1) is 31.3. The molecule has 1 aliphatic heterocycles. The van der Waals surface area contributed by atoms with Crippen molar-refractivity contribution in [3.8, 4) is 0 Å². The summed E-state index contributed by atoms with van der Waals surface area (Å²) in [6, 6.07) is 0. The van der Waals surface area contributed by atoms with Gasteiger partial charge in [0.15, 0.2) is 12.4 Å². The van der Waals surface area contributed by atoms with Gasteiger partial charge in [-0.25, -0.2) is 0 Å². The Morgan fingerprint density at radius 1 is 0.667 bits per heavy atom. The number of rotatable bonds is 15. The number of carbonyl (C=O) groups excluding carboxylic acids is 1. The summed E-state index contributed by atoms with van der Waals surface area (Å²) < 4.78 is 16.0. The van der Waals surface area contributed by atoms with Crippen LogP contribution in [0, 0.1) is 0 Å². The molecule has 0 amide bonds. The van der Waals surface area contributed by atoms with Crippen molar-refractivity contribution in [3.63, 3.8) is 0 Å². The van der Waals surface area contributed by atoms with E-state index in [1.165, 1.54) is 44.9 Å². The number of hydrogen-bond donors (Lipinski definition) is 7. The van der Waals surface area contributed by atoms with Gasteiger partial charge in [0.25, 0.3) is 0 Å². The Labute approximate surface area is 213 Å². The zero-order valence-electron chi connectivity index (χ0n) is 21.2. The fourth-order valence-corrected chi connectivity index (χ4v) is 4.67. The molecule has 0 radical (unpaired) electrons. The quantitative estimate of drug-likeness (QED) is 0.112. The molecule has 2 rings (SSSR count). The number of carbonyl (C=O) groups is 1. The van der Waals surface area contributed by atoms with Crippen molar-refractivity contribution in [1.29, 1.82) is 0 Å². The van der Waals surface area contributed by atoms with Crippen molar-refractivity contribution in [2.75, 3.05) is 6.61 Å². The third kappa shape index (κ3) is 9.14. The lowest BCUT2D eigenvalue weighted by Gasteiger charge is -2.45. The first-order chi connectivity index (χ1) is 17.2. The highest BCUT2D eigenvalue weighted by molar-refractivity contribution is 5.69. The summed E-state index contributed by atoms with van der Waals surface area (Å²) >= 11 is 0. The topological polar surface area (TPSA) is 186 Å². The van der Waals surface area contributed by atoms with E-state index in [9.17, 15) is 40.5 Å². The SMILES string of the molecule is CCCCCCCCCCCCCC(=O)O[C@H]1[C@@H](O)[C@@H](O)[C@@H](O)[C@@H](O)[C@H]1O[C@@H]1OC[C@@H](O)[C@H](O)[C@H]1O. The summed E-state index contributed by atoms with van der Waals surface area (Å²) in [4.78, 5) is 12.4. The van der Waals surface area contributed by atoms with Crippen LogP contribution in [0.5, 0.6) is 0 Å². The predicted octanol–water partition coefficient (Wildman–Crippen LogP) is -0.119. The molecule has 0 unspecified atom stereocenters. The van der Waals surface area contributed by atoms with Gasteiger partial charge in [-0.15, -0.1) is 0 Å². The number of aliphatic hydroxyl groups excluding tert-OH is 7. The summed E-state index contributed by atoms with van der Waals surface area (Å²) in [6.45, 7) is 1.83. The number of unbranched alkanes of at least 4 members (excludes halogenated alkanes) is 10. The molecular formula is C25H46O11. The molecule has 10 atom stereocenters. The molecule has 1 heterocycles. The van der Waals surface area contributed by atoms with Crippen LogP contribution >= 0.6 is 0 Å². The zero-order chi connectivity index (χ0) is 26.7. The molecular weight excluding hydrogens is 476 g/mol. The summed E-state index contributed by atoms with van der Waals surface area (Å²) in [6.07, 6.45) is -4.15. The van der Waals surface area contributed by atoms with Crippen LogP contribution in [0.2, 0.25) is 0 Å². The van der Waals surface area contributed by atoms with Gasteiger partial charge in [0.1, 0.15) is 48.8 Å². The maximum atomic E-state index is 12.4. The van der Waals surface area contributed by atoms with Gasteiger partial charge >= 0.3 is 5.97 Å². The average Bonchev–Trinajstić information content (AvgIpc) is 2.86. The molecule has 0 spiro atoms. The molecule has 0 aromatic heterocycles. The smallest absolute Gasteiger partial charge is 0.306 e. The minimum atomic E-state index is -1.82. The van der Waals surface area contributed by atoms with Crippen molar-refractivity contribution >= 4 is 5.97 Å². The maximum Gasteiger partial charge on any atom is 0.306 e. The van der Waals surface area contributed by atoms with Crippen molar-refractivity contribution in [2.45, 2.75) is 145 Å². The highest BCUT2D eigenvalue weighted by Gasteiger charge is 2.53. The predicted molar refractivity (Wildman–Crippen MR) is 128 cm³/mol. The number of esters is 1. The second-order valence-electron chi connectivity index (χ2n) is 10.1. The lowest BCUT2D eigenvalue weighted by Crippen LogP contribution is -2.67. The Morgan fingerprint density at radius 2 is 1.17 bits per heavy atom. The van der Waals surface area contributed by atoms with Gasteiger partial charge in [-0.1, -0.05) is 71.1 Å². The fraction of sp³-hybridized carbons (Fsp3) is 0.960. The monoisotopic (exact) mass is 522 g/mol. The first-order valence-electron chi connectivity index (χ1n) is 13.4. The van der Waals surface area contributed by atoms with Crippen molar-refractivity contribution in [3.05, 3.63) is 0 Å². The Bertz CT molecular complexity index is 621. The van der Waals surface area contributed by atoms with Gasteiger partial charge in [0, 0.05) is 6.42 Å². The molecule has 36 heavy (non-hydrogen) atoms. The van der Waals surface area contributed by atoms with E-state index < -0.39 is 67.2 Å². The first-order valence-corrected chi connectivity index (χ1v) is 13.4. The molecule has 0 aromatic carbocycles. The van der Waals surface area contributed by atoms with Crippen LogP contribution in [-0.4, -0.2) is 110 Å². The van der Waals surface area contributed by atoms with Crippen LogP contribution in [0.1, 0.15) is 84.0 Å². The highest BCUT2D eigenvalue weighted by Crippen LogP contribution is 2.30. The normalized spacial score (nSPS) is 37.1. The van der Waals surface area contributed by atoms with Crippen molar-refractivity contribution in [1.82, 2.24) is 0 Å². The van der Waals surface area contributed by atoms with Crippen molar-refractivity contribution in [2.24, 2.45) is 0 Å². The van der Waals surface area contributed by atoms with Crippen LogP contribution in [0.4, 0.5) is 0 Å². The molecule has 11 heteroatoms. The number of ether oxygens (including phenoxy) is 3. The summed E-state index contributed by atoms with van der Waals surface area (Å²) in [5.41, 5.74) is 0. The average molecular weight is 523 g/mol. The Kier molecular flexibility index (Phi) is 14.1. The van der Waals surface area contributed by atoms with Crippen LogP contribution in [-0.2, 0) is 19.0 Å². The molecule has 11 nitrogen and oxygen atoms in total. The standard InChI is InChI=1S/C25H46O11/c1-2-3-4-5-6-7-8-9-10-11-12-13-16(27)35-23-20(31)18(29)19(30)21(32)24(23)36-25-22(33)17(28)15(26)14-34-25/h15,17-26,28-33H,2-14H2,1H3/t15-,17+,18+,19-,20+,21-,22-,23+,24-,25+/m1/s1. The molecule has 1 aliphatic carbocycles. The summed E-state index contributed by atoms with van der Waals surface area (Å²) in [5.74, 6) is -0.667. The molecule has 1 saturated heterocycles. The lowest BCUT2D eigenvalue weighted by atomic mass is 9.84. The van der Waals surface area contributed by atoms with Gasteiger partial charge in [-0.2, -0.15) is 0 Å². The highest BCUT2D eigenvalue weighted by atomic mass is 16.7. The Morgan fingerprint density at radius 3 is 1.72 bits per heavy atom. The fourth-order valence-electron chi connectivity index (χ4n) is 4.67. The van der Waals surface area contributed by atoms with E-state index in [2.05, 4.69) is 6.92 Å². The molecule has 0 bridgehead atoms. The Balaban J connectivity index is 1.79. The largest absolute Gasteiger partial charge is 0.457 e. The third-order valence-corrected chi connectivity index (χ3v) is 7.04. The molecule has 1 saturated carbocycles. The minimum absolute atomic E-state index is 0.0646. The van der Waals surface area contributed by atoms with E-state index >= 15 is 0 Å². The minimum Gasteiger partial charge on any atom is -0.457 e. The van der Waals surface area contributed by atoms with Gasteiger partial charge in [0.05, 0.1) is 6.61 Å². The van der Waals surface area contributed by atoms with Gasteiger partial charge in [0.2, 0.25) is 0 Å². The molecule has 2 fully saturated rings. The maximum absolute atomic E-state index is 12.4. The number of aliphatic hydroxyl groups is 7. The summed E-state index contributed by atoms with van der Waals surface area (Å²) in [7, 11) is 0. The molecule has 0 aromatic rings. The zero-order valence-corrected chi connectivity index (χ0v) is 21.2. The number of hydrogen-bond acceptors (Lipinski definition) is 11. The molecule has 212 valence electrons. The van der Waals surface area contributed by atoms with Gasteiger partial charge < -0.3 is 50.0 Å². The molecule has 2 aliphatic rings. The Hall–Kier alpha value is -0.890. The second-order valence-corrected chi connectivity index (χ2v) is 10.1. The summed E-state index contributed by atoms with van der Waals surface area (Å²) in [5, 5.41) is 70.6. The second kappa shape index (κ2) is 16.2. The van der Waals surface area contributed by atoms with E-state index in [0.29, 0.717) is 6.42 Å². The van der Waals surface area contributed by atoms with E-state index in [1.54, 1.807) is 0 Å². The van der Waals surface area contributed by atoms with Crippen LogP contribution in [0.3, 0.4) is 0 Å². The van der Waals surface area contributed by atoms with Gasteiger partial charge in [-0.05, 0) is 6.42 Å². The van der Waals surface area contributed by atoms with E-state index in [-0.39, 0.29) is 13.0 Å².